The van der Waals surface area contributed by atoms with Crippen molar-refractivity contribution in [3.63, 3.8) is 0 Å². The first kappa shape index (κ1) is 24.8. The molecular weight excluding hydrogens is 455 g/mol. The van der Waals surface area contributed by atoms with E-state index in [2.05, 4.69) is 5.32 Å². The van der Waals surface area contributed by atoms with Crippen molar-refractivity contribution in [2.45, 2.75) is 38.8 Å². The summed E-state index contributed by atoms with van der Waals surface area (Å²) >= 11 is 12.2. The van der Waals surface area contributed by atoms with E-state index in [1.165, 1.54) is 0 Å². The molecule has 0 radical (unpaired) electrons. The first-order valence-electron chi connectivity index (χ1n) is 11.1. The van der Waals surface area contributed by atoms with Gasteiger partial charge >= 0.3 is 0 Å². The van der Waals surface area contributed by atoms with Gasteiger partial charge in [-0.15, -0.1) is 0 Å². The van der Waals surface area contributed by atoms with Crippen molar-refractivity contribution in [3.8, 4) is 0 Å². The fourth-order valence-electron chi connectivity index (χ4n) is 3.63. The smallest absolute Gasteiger partial charge is 0.243 e. The Morgan fingerprint density at radius 1 is 0.848 bits per heavy atom. The highest BCUT2D eigenvalue weighted by Gasteiger charge is 2.30. The molecule has 4 nitrogen and oxygen atoms in total. The summed E-state index contributed by atoms with van der Waals surface area (Å²) < 4.78 is 0. The third-order valence-electron chi connectivity index (χ3n) is 5.33. The van der Waals surface area contributed by atoms with Gasteiger partial charge in [-0.3, -0.25) is 9.59 Å². The molecule has 2 amide bonds. The van der Waals surface area contributed by atoms with Gasteiger partial charge in [0.05, 0.1) is 6.42 Å². The number of carbonyl (C=O) groups excluding carboxylic acids is 2. The minimum Gasteiger partial charge on any atom is -0.354 e. The van der Waals surface area contributed by atoms with E-state index in [1.807, 2.05) is 67.6 Å². The molecule has 0 unspecified atom stereocenters. The van der Waals surface area contributed by atoms with Crippen molar-refractivity contribution in [3.05, 3.63) is 106 Å². The molecule has 0 fully saturated rings. The second-order valence-corrected chi connectivity index (χ2v) is 8.82. The third-order valence-corrected chi connectivity index (χ3v) is 5.82. The van der Waals surface area contributed by atoms with Crippen LogP contribution in [0.2, 0.25) is 10.0 Å². The standard InChI is InChI=1S/C27H28Cl2N2O2/c1-2-15-30-27(33)25(17-20-7-4-3-5-8-20)31(19-22-9-6-10-24(29)16-22)26(32)18-21-11-13-23(28)14-12-21/h3-14,16,25H,2,15,17-19H2,1H3,(H,30,33)/t25-/m0/s1. The van der Waals surface area contributed by atoms with E-state index in [-0.39, 0.29) is 24.8 Å². The molecule has 0 saturated heterocycles. The van der Waals surface area contributed by atoms with Crippen molar-refractivity contribution < 1.29 is 9.59 Å². The average Bonchev–Trinajstić information content (AvgIpc) is 2.82. The molecule has 0 spiro atoms. The minimum atomic E-state index is -0.655. The molecule has 0 aromatic heterocycles. The lowest BCUT2D eigenvalue weighted by Crippen LogP contribution is -2.51. The highest BCUT2D eigenvalue weighted by molar-refractivity contribution is 6.30. The molecule has 3 rings (SSSR count). The normalized spacial score (nSPS) is 11.6. The molecule has 0 heterocycles. The van der Waals surface area contributed by atoms with Crippen molar-refractivity contribution in [2.75, 3.05) is 6.54 Å². The molecule has 33 heavy (non-hydrogen) atoms. The Balaban J connectivity index is 1.94. The van der Waals surface area contributed by atoms with Crippen LogP contribution in [0.15, 0.2) is 78.9 Å². The number of rotatable bonds is 10. The molecule has 6 heteroatoms. The lowest BCUT2D eigenvalue weighted by Gasteiger charge is -2.31. The summed E-state index contributed by atoms with van der Waals surface area (Å²) in [6, 6.07) is 23.7. The van der Waals surface area contributed by atoms with Crippen LogP contribution in [-0.4, -0.2) is 29.3 Å². The van der Waals surface area contributed by atoms with Gasteiger partial charge < -0.3 is 10.2 Å². The van der Waals surface area contributed by atoms with Crippen molar-refractivity contribution in [1.29, 1.82) is 0 Å². The van der Waals surface area contributed by atoms with Crippen LogP contribution < -0.4 is 5.32 Å². The molecule has 1 atom stereocenters. The predicted molar refractivity (Wildman–Crippen MR) is 134 cm³/mol. The fraction of sp³-hybridized carbons (Fsp3) is 0.259. The summed E-state index contributed by atoms with van der Waals surface area (Å²) in [5.74, 6) is -0.294. The Morgan fingerprint density at radius 2 is 1.55 bits per heavy atom. The third kappa shape index (κ3) is 7.62. The Hall–Kier alpha value is -2.82. The van der Waals surface area contributed by atoms with E-state index in [0.717, 1.165) is 23.1 Å². The summed E-state index contributed by atoms with van der Waals surface area (Å²) in [4.78, 5) is 28.5. The number of benzene rings is 3. The van der Waals surface area contributed by atoms with Gasteiger partial charge in [-0.2, -0.15) is 0 Å². The van der Waals surface area contributed by atoms with Gasteiger partial charge in [0.1, 0.15) is 6.04 Å². The van der Waals surface area contributed by atoms with Crippen LogP contribution in [0.25, 0.3) is 0 Å². The van der Waals surface area contributed by atoms with E-state index in [4.69, 9.17) is 23.2 Å². The van der Waals surface area contributed by atoms with Crippen molar-refractivity contribution >= 4 is 35.0 Å². The molecule has 0 aliphatic carbocycles. The number of amides is 2. The van der Waals surface area contributed by atoms with Crippen LogP contribution >= 0.6 is 23.2 Å². The van der Waals surface area contributed by atoms with E-state index in [9.17, 15) is 9.59 Å². The first-order valence-corrected chi connectivity index (χ1v) is 11.8. The molecule has 0 aliphatic rings. The van der Waals surface area contributed by atoms with Gasteiger partial charge in [-0.1, -0.05) is 84.7 Å². The highest BCUT2D eigenvalue weighted by atomic mass is 35.5. The van der Waals surface area contributed by atoms with Crippen LogP contribution in [0.3, 0.4) is 0 Å². The Kier molecular flexibility index (Phi) is 9.35. The number of hydrogen-bond acceptors (Lipinski definition) is 2. The Morgan fingerprint density at radius 3 is 2.21 bits per heavy atom. The summed E-state index contributed by atoms with van der Waals surface area (Å²) in [7, 11) is 0. The maximum atomic E-state index is 13.6. The number of hydrogen-bond donors (Lipinski definition) is 1. The Bertz CT molecular complexity index is 1060. The summed E-state index contributed by atoms with van der Waals surface area (Å²) in [5.41, 5.74) is 2.70. The maximum Gasteiger partial charge on any atom is 0.243 e. The second kappa shape index (κ2) is 12.4. The quantitative estimate of drug-likeness (QED) is 0.402. The SMILES string of the molecule is CCCNC(=O)[C@H](Cc1ccccc1)N(Cc1cccc(Cl)c1)C(=O)Cc1ccc(Cl)cc1. The van der Waals surface area contributed by atoms with Crippen molar-refractivity contribution in [2.24, 2.45) is 0 Å². The average molecular weight is 483 g/mol. The van der Waals surface area contributed by atoms with Gasteiger partial charge in [0, 0.05) is 29.6 Å². The summed E-state index contributed by atoms with van der Waals surface area (Å²) in [5, 5.41) is 4.18. The molecule has 3 aromatic carbocycles. The zero-order valence-corrected chi connectivity index (χ0v) is 20.1. The lowest BCUT2D eigenvalue weighted by molar-refractivity contribution is -0.140. The van der Waals surface area contributed by atoms with Crippen LogP contribution in [-0.2, 0) is 29.0 Å². The van der Waals surface area contributed by atoms with Gasteiger partial charge in [0.2, 0.25) is 11.8 Å². The van der Waals surface area contributed by atoms with Crippen LogP contribution in [0, 0.1) is 0 Å². The fourth-order valence-corrected chi connectivity index (χ4v) is 3.97. The number of carbonyl (C=O) groups is 2. The van der Waals surface area contributed by atoms with E-state index < -0.39 is 6.04 Å². The lowest BCUT2D eigenvalue weighted by atomic mass is 10.0. The van der Waals surface area contributed by atoms with Crippen LogP contribution in [0.5, 0.6) is 0 Å². The maximum absolute atomic E-state index is 13.6. The zero-order valence-electron chi connectivity index (χ0n) is 18.6. The second-order valence-electron chi connectivity index (χ2n) is 7.95. The van der Waals surface area contributed by atoms with E-state index in [0.29, 0.717) is 23.0 Å². The zero-order chi connectivity index (χ0) is 23.6. The van der Waals surface area contributed by atoms with Gasteiger partial charge in [-0.05, 0) is 47.4 Å². The van der Waals surface area contributed by atoms with Crippen molar-refractivity contribution in [1.82, 2.24) is 10.2 Å². The van der Waals surface area contributed by atoms with Gasteiger partial charge in [0.25, 0.3) is 0 Å². The van der Waals surface area contributed by atoms with E-state index in [1.54, 1.807) is 23.1 Å². The van der Waals surface area contributed by atoms with Gasteiger partial charge in [-0.25, -0.2) is 0 Å². The van der Waals surface area contributed by atoms with Gasteiger partial charge in [0.15, 0.2) is 0 Å². The predicted octanol–water partition coefficient (Wildman–Crippen LogP) is 5.70. The number of halogens is 2. The van der Waals surface area contributed by atoms with E-state index >= 15 is 0 Å². The molecule has 0 bridgehead atoms. The molecular formula is C27H28Cl2N2O2. The summed E-state index contributed by atoms with van der Waals surface area (Å²) in [6.07, 6.45) is 1.41. The van der Waals surface area contributed by atoms with Crippen LogP contribution in [0.1, 0.15) is 30.0 Å². The minimum absolute atomic E-state index is 0.134. The van der Waals surface area contributed by atoms with Crippen LogP contribution in [0.4, 0.5) is 0 Å². The number of nitrogens with one attached hydrogen (secondary N) is 1. The molecule has 3 aromatic rings. The number of nitrogens with zero attached hydrogens (tertiary/aromatic N) is 1. The topological polar surface area (TPSA) is 49.4 Å². The molecule has 172 valence electrons. The first-order chi connectivity index (χ1) is 16.0. The Labute approximate surface area is 205 Å². The molecule has 1 N–H and O–H groups in total. The molecule has 0 aliphatic heterocycles. The highest BCUT2D eigenvalue weighted by Crippen LogP contribution is 2.19. The largest absolute Gasteiger partial charge is 0.354 e. The monoisotopic (exact) mass is 482 g/mol. The molecule has 0 saturated carbocycles. The summed E-state index contributed by atoms with van der Waals surface area (Å²) in [6.45, 7) is 2.84.